The number of hydrogen-bond acceptors (Lipinski definition) is 5. The van der Waals surface area contributed by atoms with Crippen LogP contribution in [0.4, 0.5) is 5.95 Å². The largest absolute Gasteiger partial charge is 0.439 e. The number of hydrogen-bond donors (Lipinski definition) is 2. The van der Waals surface area contributed by atoms with E-state index in [4.69, 9.17) is 10.6 Å². The topological polar surface area (TPSA) is 73.1 Å². The predicted octanol–water partition coefficient (Wildman–Crippen LogP) is 3.16. The molecule has 0 amide bonds. The van der Waals surface area contributed by atoms with Crippen LogP contribution >= 0.6 is 0 Å². The Labute approximate surface area is 119 Å². The summed E-state index contributed by atoms with van der Waals surface area (Å²) in [4.78, 5) is 8.13. The lowest BCUT2D eigenvalue weighted by molar-refractivity contribution is 0.439. The summed E-state index contributed by atoms with van der Waals surface area (Å²) in [6.45, 7) is 8.48. The van der Waals surface area contributed by atoms with Gasteiger partial charge in [-0.2, -0.15) is 4.98 Å². The van der Waals surface area contributed by atoms with E-state index >= 15 is 0 Å². The maximum Gasteiger partial charge on any atom is 0.240 e. The average molecular weight is 272 g/mol. The number of nitrogens with two attached hydrogens (primary N) is 1. The van der Waals surface area contributed by atoms with Crippen molar-refractivity contribution in [3.05, 3.63) is 41.6 Å². The summed E-state index contributed by atoms with van der Waals surface area (Å²) in [5.74, 6) is 6.90. The fraction of sp³-hybridized carbons (Fsp3) is 0.333. The number of nitrogen functional groups attached to an aromatic ring is 1. The maximum absolute atomic E-state index is 5.91. The van der Waals surface area contributed by atoms with Gasteiger partial charge in [-0.1, -0.05) is 32.9 Å². The molecule has 1 heterocycles. The fourth-order valence-electron chi connectivity index (χ4n) is 1.91. The van der Waals surface area contributed by atoms with Crippen LogP contribution in [0, 0.1) is 6.92 Å². The Morgan fingerprint density at radius 1 is 1.20 bits per heavy atom. The summed E-state index contributed by atoms with van der Waals surface area (Å²) < 4.78 is 5.91. The standard InChI is InChI=1S/C15H20N4O/c1-10-5-6-11(15(2,3)4)12(9-10)20-13-7-8-17-14(18-13)19-16/h5-9H,16H2,1-4H3,(H,17,18,19). The Morgan fingerprint density at radius 3 is 2.60 bits per heavy atom. The zero-order valence-electron chi connectivity index (χ0n) is 12.3. The van der Waals surface area contributed by atoms with E-state index in [1.165, 1.54) is 0 Å². The molecule has 0 spiro atoms. The van der Waals surface area contributed by atoms with Crippen molar-refractivity contribution in [1.29, 1.82) is 0 Å². The van der Waals surface area contributed by atoms with E-state index in [1.54, 1.807) is 12.3 Å². The number of hydrazine groups is 1. The van der Waals surface area contributed by atoms with Crippen molar-refractivity contribution in [2.75, 3.05) is 5.43 Å². The molecule has 0 atom stereocenters. The molecule has 1 aromatic carbocycles. The molecular formula is C15H20N4O. The number of nitrogens with zero attached hydrogens (tertiary/aromatic N) is 2. The Morgan fingerprint density at radius 2 is 1.95 bits per heavy atom. The Balaban J connectivity index is 2.39. The van der Waals surface area contributed by atoms with E-state index in [2.05, 4.69) is 48.3 Å². The quantitative estimate of drug-likeness (QED) is 0.663. The summed E-state index contributed by atoms with van der Waals surface area (Å²) in [5, 5.41) is 0. The van der Waals surface area contributed by atoms with Gasteiger partial charge in [0, 0.05) is 17.8 Å². The predicted molar refractivity (Wildman–Crippen MR) is 79.8 cm³/mol. The van der Waals surface area contributed by atoms with Gasteiger partial charge >= 0.3 is 0 Å². The first kappa shape index (κ1) is 14.3. The highest BCUT2D eigenvalue weighted by Gasteiger charge is 2.19. The lowest BCUT2D eigenvalue weighted by Gasteiger charge is -2.22. The van der Waals surface area contributed by atoms with E-state index in [0.717, 1.165) is 16.9 Å². The molecule has 2 rings (SSSR count). The monoisotopic (exact) mass is 272 g/mol. The molecule has 0 bridgehead atoms. The third-order valence-electron chi connectivity index (χ3n) is 2.92. The van der Waals surface area contributed by atoms with Crippen LogP contribution in [-0.2, 0) is 5.41 Å². The number of rotatable bonds is 3. The third kappa shape index (κ3) is 3.24. The van der Waals surface area contributed by atoms with Crippen LogP contribution in [0.25, 0.3) is 0 Å². The Hall–Kier alpha value is -2.14. The normalized spacial score (nSPS) is 11.2. The second-order valence-corrected chi connectivity index (χ2v) is 5.71. The van der Waals surface area contributed by atoms with Crippen LogP contribution < -0.4 is 16.0 Å². The highest BCUT2D eigenvalue weighted by molar-refractivity contribution is 5.43. The Kier molecular flexibility index (Phi) is 3.90. The molecule has 0 aliphatic rings. The third-order valence-corrected chi connectivity index (χ3v) is 2.92. The number of anilines is 1. The van der Waals surface area contributed by atoms with Crippen molar-refractivity contribution < 1.29 is 4.74 Å². The molecule has 0 saturated heterocycles. The summed E-state index contributed by atoms with van der Waals surface area (Å²) in [6, 6.07) is 7.89. The van der Waals surface area contributed by atoms with Crippen molar-refractivity contribution in [2.45, 2.75) is 33.1 Å². The minimum atomic E-state index is -0.00892. The zero-order valence-corrected chi connectivity index (χ0v) is 12.3. The first-order valence-electron chi connectivity index (χ1n) is 6.49. The van der Waals surface area contributed by atoms with E-state index in [-0.39, 0.29) is 5.41 Å². The van der Waals surface area contributed by atoms with Gasteiger partial charge in [-0.15, -0.1) is 0 Å². The highest BCUT2D eigenvalue weighted by Crippen LogP contribution is 2.34. The van der Waals surface area contributed by atoms with Gasteiger partial charge in [-0.05, 0) is 24.0 Å². The lowest BCUT2D eigenvalue weighted by Crippen LogP contribution is -2.13. The molecule has 5 nitrogen and oxygen atoms in total. The number of ether oxygens (including phenoxy) is 1. The number of aryl methyl sites for hydroxylation is 1. The van der Waals surface area contributed by atoms with Gasteiger partial charge < -0.3 is 4.74 Å². The molecule has 20 heavy (non-hydrogen) atoms. The molecular weight excluding hydrogens is 252 g/mol. The van der Waals surface area contributed by atoms with Crippen LogP contribution in [0.2, 0.25) is 0 Å². The van der Waals surface area contributed by atoms with Crippen molar-refractivity contribution >= 4 is 5.95 Å². The maximum atomic E-state index is 5.91. The molecule has 106 valence electrons. The van der Waals surface area contributed by atoms with Crippen LogP contribution in [0.1, 0.15) is 31.9 Å². The van der Waals surface area contributed by atoms with Gasteiger partial charge in [-0.3, -0.25) is 5.43 Å². The molecule has 0 aliphatic carbocycles. The van der Waals surface area contributed by atoms with Crippen LogP contribution in [0.3, 0.4) is 0 Å². The molecule has 3 N–H and O–H groups in total. The molecule has 0 unspecified atom stereocenters. The Bertz CT molecular complexity index is 605. The molecule has 2 aromatic rings. The molecule has 0 saturated carbocycles. The van der Waals surface area contributed by atoms with Gasteiger partial charge in [0.2, 0.25) is 11.8 Å². The van der Waals surface area contributed by atoms with Crippen LogP contribution in [-0.4, -0.2) is 9.97 Å². The van der Waals surface area contributed by atoms with Gasteiger partial charge in [-0.25, -0.2) is 10.8 Å². The van der Waals surface area contributed by atoms with Crippen molar-refractivity contribution in [1.82, 2.24) is 9.97 Å². The number of benzene rings is 1. The summed E-state index contributed by atoms with van der Waals surface area (Å²) >= 11 is 0. The van der Waals surface area contributed by atoms with Gasteiger partial charge in [0.15, 0.2) is 0 Å². The van der Waals surface area contributed by atoms with Crippen molar-refractivity contribution in [3.63, 3.8) is 0 Å². The molecule has 5 heteroatoms. The van der Waals surface area contributed by atoms with Crippen molar-refractivity contribution in [3.8, 4) is 11.6 Å². The van der Waals surface area contributed by atoms with E-state index < -0.39 is 0 Å². The first-order valence-corrected chi connectivity index (χ1v) is 6.49. The smallest absolute Gasteiger partial charge is 0.240 e. The molecule has 0 radical (unpaired) electrons. The van der Waals surface area contributed by atoms with Gasteiger partial charge in [0.25, 0.3) is 0 Å². The minimum absolute atomic E-state index is 0.00892. The fourth-order valence-corrected chi connectivity index (χ4v) is 1.91. The molecule has 1 aromatic heterocycles. The summed E-state index contributed by atoms with van der Waals surface area (Å²) in [5.41, 5.74) is 4.67. The van der Waals surface area contributed by atoms with Crippen LogP contribution in [0.15, 0.2) is 30.5 Å². The summed E-state index contributed by atoms with van der Waals surface area (Å²) in [7, 11) is 0. The highest BCUT2D eigenvalue weighted by atomic mass is 16.5. The second-order valence-electron chi connectivity index (χ2n) is 5.71. The van der Waals surface area contributed by atoms with Gasteiger partial charge in [0.1, 0.15) is 5.75 Å². The van der Waals surface area contributed by atoms with E-state index in [9.17, 15) is 0 Å². The summed E-state index contributed by atoms with van der Waals surface area (Å²) in [6.07, 6.45) is 1.60. The van der Waals surface area contributed by atoms with E-state index in [1.807, 2.05) is 13.0 Å². The minimum Gasteiger partial charge on any atom is -0.439 e. The zero-order chi connectivity index (χ0) is 14.8. The average Bonchev–Trinajstić information content (AvgIpc) is 2.37. The van der Waals surface area contributed by atoms with Gasteiger partial charge in [0.05, 0.1) is 0 Å². The molecule has 0 fully saturated rings. The van der Waals surface area contributed by atoms with Crippen molar-refractivity contribution in [2.24, 2.45) is 5.84 Å². The first-order chi connectivity index (χ1) is 9.40. The number of nitrogens with one attached hydrogen (secondary N) is 1. The lowest BCUT2D eigenvalue weighted by atomic mass is 9.86. The van der Waals surface area contributed by atoms with Crippen LogP contribution in [0.5, 0.6) is 11.6 Å². The van der Waals surface area contributed by atoms with E-state index in [0.29, 0.717) is 11.8 Å². The number of aromatic nitrogens is 2. The molecule has 0 aliphatic heterocycles. The SMILES string of the molecule is Cc1ccc(C(C)(C)C)c(Oc2ccnc(NN)n2)c1. The second kappa shape index (κ2) is 5.46.